The predicted octanol–water partition coefficient (Wildman–Crippen LogP) is 1.94. The zero-order chi connectivity index (χ0) is 22.6. The predicted molar refractivity (Wildman–Crippen MR) is 113 cm³/mol. The normalized spacial score (nSPS) is 29.8. The van der Waals surface area contributed by atoms with E-state index in [1.807, 2.05) is 6.07 Å². The molecule has 33 heavy (non-hydrogen) atoms. The van der Waals surface area contributed by atoms with Crippen molar-refractivity contribution in [3.05, 3.63) is 66.0 Å². The molecule has 1 saturated carbocycles. The van der Waals surface area contributed by atoms with E-state index >= 15 is 4.39 Å². The van der Waals surface area contributed by atoms with Crippen molar-refractivity contribution in [2.24, 2.45) is 11.8 Å². The quantitative estimate of drug-likeness (QED) is 0.616. The number of benzene rings is 1. The van der Waals surface area contributed by atoms with E-state index in [1.165, 1.54) is 12.3 Å². The zero-order valence-corrected chi connectivity index (χ0v) is 17.5. The second-order valence-electron chi connectivity index (χ2n) is 8.68. The van der Waals surface area contributed by atoms with Gasteiger partial charge in [0.15, 0.2) is 0 Å². The molecule has 1 aliphatic carbocycles. The molecule has 0 bridgehead atoms. The van der Waals surface area contributed by atoms with Crippen LogP contribution in [-0.2, 0) is 16.7 Å². The van der Waals surface area contributed by atoms with Crippen LogP contribution in [0.25, 0.3) is 11.1 Å². The Morgan fingerprint density at radius 3 is 2.82 bits per heavy atom. The third-order valence-electron chi connectivity index (χ3n) is 7.06. The molecule has 2 aromatic heterocycles. The molecule has 2 saturated heterocycles. The van der Waals surface area contributed by atoms with Gasteiger partial charge in [0.05, 0.1) is 30.5 Å². The number of piperidine rings is 1. The van der Waals surface area contributed by atoms with Gasteiger partial charge in [-0.05, 0) is 17.7 Å². The lowest BCUT2D eigenvalue weighted by Crippen LogP contribution is -2.27. The summed E-state index contributed by atoms with van der Waals surface area (Å²) in [6.45, 7) is 1.90. The molecular formula is C23H20FN7O2. The molecule has 2 N–H and O–H groups in total. The third-order valence-corrected chi connectivity index (χ3v) is 7.06. The zero-order valence-electron chi connectivity index (χ0n) is 17.5. The largest absolute Gasteiger partial charge is 0.442 e. The van der Waals surface area contributed by atoms with Gasteiger partial charge in [-0.1, -0.05) is 23.4 Å². The molecule has 6 rings (SSSR count). The number of aromatic nitrogens is 4. The van der Waals surface area contributed by atoms with Gasteiger partial charge in [0.1, 0.15) is 17.3 Å². The number of nitrogens with zero attached hydrogens (tertiary/aromatic N) is 5. The fourth-order valence-electron chi connectivity index (χ4n) is 5.43. The summed E-state index contributed by atoms with van der Waals surface area (Å²) in [5.41, 5.74) is 1.68. The van der Waals surface area contributed by atoms with E-state index in [0.29, 0.717) is 16.7 Å². The second-order valence-corrected chi connectivity index (χ2v) is 8.68. The van der Waals surface area contributed by atoms with Crippen molar-refractivity contribution >= 4 is 6.09 Å². The number of cyclic esters (lactones) is 1. The summed E-state index contributed by atoms with van der Waals surface area (Å²) in [4.78, 5) is 16.7. The van der Waals surface area contributed by atoms with Gasteiger partial charge in [-0.3, -0.25) is 4.98 Å². The van der Waals surface area contributed by atoms with Gasteiger partial charge in [0.25, 0.3) is 0 Å². The van der Waals surface area contributed by atoms with Gasteiger partial charge >= 0.3 is 6.09 Å². The lowest BCUT2D eigenvalue weighted by atomic mass is 9.91. The van der Waals surface area contributed by atoms with E-state index in [2.05, 4.69) is 32.0 Å². The van der Waals surface area contributed by atoms with E-state index < -0.39 is 29.5 Å². The van der Waals surface area contributed by atoms with Crippen LogP contribution in [0.4, 0.5) is 9.18 Å². The molecule has 3 aliphatic rings. The number of hydrogen-bond acceptors (Lipinski definition) is 7. The molecule has 10 heteroatoms. The van der Waals surface area contributed by atoms with E-state index in [-0.39, 0.29) is 18.4 Å². The van der Waals surface area contributed by atoms with E-state index in [9.17, 15) is 10.1 Å². The number of pyridine rings is 1. The Balaban J connectivity index is 1.35. The number of amides is 1. The van der Waals surface area contributed by atoms with Crippen LogP contribution in [0.3, 0.4) is 0 Å². The fourth-order valence-corrected chi connectivity index (χ4v) is 5.43. The summed E-state index contributed by atoms with van der Waals surface area (Å²) in [5, 5.41) is 23.7. The number of halogens is 1. The number of alkyl carbamates (subject to hydrolysis) is 1. The van der Waals surface area contributed by atoms with Gasteiger partial charge in [-0.25, -0.2) is 13.9 Å². The van der Waals surface area contributed by atoms with Crippen molar-refractivity contribution in [3.8, 4) is 17.2 Å². The van der Waals surface area contributed by atoms with Crippen LogP contribution < -0.4 is 10.6 Å². The topological polar surface area (TPSA) is 118 Å². The summed E-state index contributed by atoms with van der Waals surface area (Å²) in [6, 6.07) is 10.3. The van der Waals surface area contributed by atoms with Crippen LogP contribution >= 0.6 is 0 Å². The highest BCUT2D eigenvalue weighted by molar-refractivity contribution is 5.74. The van der Waals surface area contributed by atoms with E-state index in [0.717, 1.165) is 18.8 Å². The third kappa shape index (κ3) is 3.00. The van der Waals surface area contributed by atoms with Crippen molar-refractivity contribution in [1.82, 2.24) is 30.6 Å². The summed E-state index contributed by atoms with van der Waals surface area (Å²) in [7, 11) is 0. The maximum atomic E-state index is 15.1. The van der Waals surface area contributed by atoms with Crippen molar-refractivity contribution < 1.29 is 13.9 Å². The first kappa shape index (κ1) is 19.8. The van der Waals surface area contributed by atoms with Crippen molar-refractivity contribution in [2.75, 3.05) is 13.1 Å². The minimum atomic E-state index is -0.591. The highest BCUT2D eigenvalue weighted by Gasteiger charge is 2.69. The number of carbonyl (C=O) groups is 1. The van der Waals surface area contributed by atoms with Crippen LogP contribution in [0.1, 0.15) is 17.3 Å². The number of nitriles is 1. The molecule has 1 aromatic carbocycles. The number of ether oxygens (including phenoxy) is 1. The maximum Gasteiger partial charge on any atom is 0.408 e. The van der Waals surface area contributed by atoms with Gasteiger partial charge in [-0.2, -0.15) is 5.26 Å². The average molecular weight is 445 g/mol. The molecule has 3 fully saturated rings. The summed E-state index contributed by atoms with van der Waals surface area (Å²) < 4.78 is 22.1. The number of hydrogen-bond donors (Lipinski definition) is 2. The minimum absolute atomic E-state index is 0.272. The van der Waals surface area contributed by atoms with Crippen LogP contribution in [-0.4, -0.2) is 45.3 Å². The monoisotopic (exact) mass is 445 g/mol. The lowest BCUT2D eigenvalue weighted by Gasteiger charge is -2.21. The smallest absolute Gasteiger partial charge is 0.408 e. The summed E-state index contributed by atoms with van der Waals surface area (Å²) in [6.07, 6.45) is 3.66. The summed E-state index contributed by atoms with van der Waals surface area (Å²) in [5.74, 6) is 0.117. The minimum Gasteiger partial charge on any atom is -0.442 e. The molecule has 0 spiro atoms. The Hall–Kier alpha value is -3.84. The molecule has 4 heterocycles. The first-order chi connectivity index (χ1) is 16.1. The van der Waals surface area contributed by atoms with Crippen molar-refractivity contribution in [2.45, 2.75) is 24.1 Å². The number of carbonyl (C=O) groups excluding carboxylic acids is 1. The molecule has 166 valence electrons. The standard InChI is InChI=1S/C23H20FN7O2/c24-17-3-1-2-14(21-18(33-22(32)29-21)11-31-7-6-28-30-31)20(17)13-4-5-19(27-8-13)23(12-25)15-9-26-10-16(15)23/h1-8,15-16,18,21,26H,9-11H2,(H,29,32)/t15-,16+,18?,21?,23-. The SMILES string of the molecule is N#C[C@@]1(c2ccc(-c3c(F)cccc3C3NC(=O)OC3Cn3ccnn3)cn2)[C@@H]2CNC[C@@H]21. The summed E-state index contributed by atoms with van der Waals surface area (Å²) >= 11 is 0. The van der Waals surface area contributed by atoms with Crippen LogP contribution in [0.5, 0.6) is 0 Å². The Morgan fingerprint density at radius 1 is 1.27 bits per heavy atom. The highest BCUT2D eigenvalue weighted by atomic mass is 19.1. The Bertz CT molecular complexity index is 1240. The van der Waals surface area contributed by atoms with Gasteiger partial charge in [0, 0.05) is 48.4 Å². The Labute approximate surface area is 188 Å². The molecular weight excluding hydrogens is 425 g/mol. The lowest BCUT2D eigenvalue weighted by molar-refractivity contribution is 0.117. The molecule has 3 aromatic rings. The Kier molecular flexibility index (Phi) is 4.41. The molecule has 5 atom stereocenters. The van der Waals surface area contributed by atoms with Crippen LogP contribution in [0, 0.1) is 29.0 Å². The fraction of sp³-hybridized carbons (Fsp3) is 0.348. The number of fused-ring (bicyclic) bond motifs is 1. The molecule has 1 amide bonds. The van der Waals surface area contributed by atoms with Gasteiger partial charge < -0.3 is 15.4 Å². The second kappa shape index (κ2) is 7.35. The Morgan fingerprint density at radius 2 is 2.12 bits per heavy atom. The average Bonchev–Trinajstić information content (AvgIpc) is 3.35. The van der Waals surface area contributed by atoms with Gasteiger partial charge in [-0.15, -0.1) is 5.10 Å². The van der Waals surface area contributed by atoms with Gasteiger partial charge in [0.2, 0.25) is 0 Å². The molecule has 9 nitrogen and oxygen atoms in total. The van der Waals surface area contributed by atoms with Crippen LogP contribution in [0.2, 0.25) is 0 Å². The molecule has 2 aliphatic heterocycles. The highest BCUT2D eigenvalue weighted by Crippen LogP contribution is 2.60. The van der Waals surface area contributed by atoms with Crippen molar-refractivity contribution in [3.63, 3.8) is 0 Å². The molecule has 2 unspecified atom stereocenters. The first-order valence-electron chi connectivity index (χ1n) is 10.8. The van der Waals surface area contributed by atoms with E-state index in [1.54, 1.807) is 35.3 Å². The van der Waals surface area contributed by atoms with E-state index in [4.69, 9.17) is 4.74 Å². The maximum absolute atomic E-state index is 15.1. The first-order valence-corrected chi connectivity index (χ1v) is 10.8. The number of rotatable bonds is 5. The molecule has 0 radical (unpaired) electrons. The number of nitrogens with one attached hydrogen (secondary N) is 2. The van der Waals surface area contributed by atoms with Crippen molar-refractivity contribution in [1.29, 1.82) is 5.26 Å². The van der Waals surface area contributed by atoms with Crippen LogP contribution in [0.15, 0.2) is 48.9 Å².